The van der Waals surface area contributed by atoms with E-state index in [0.717, 1.165) is 22.4 Å². The summed E-state index contributed by atoms with van der Waals surface area (Å²) in [6.07, 6.45) is 0.227. The number of para-hydroxylation sites is 2. The largest absolute Gasteiger partial charge is 0.462 e. The van der Waals surface area contributed by atoms with Crippen LogP contribution in [0, 0.1) is 0 Å². The van der Waals surface area contributed by atoms with Crippen LogP contribution >= 0.6 is 0 Å². The highest BCUT2D eigenvalue weighted by Gasteiger charge is 2.34. The Bertz CT molecular complexity index is 1030. The van der Waals surface area contributed by atoms with Crippen molar-refractivity contribution in [2.75, 3.05) is 6.54 Å². The highest BCUT2D eigenvalue weighted by Crippen LogP contribution is 2.31. The van der Waals surface area contributed by atoms with Gasteiger partial charge in [0.1, 0.15) is 12.4 Å². The summed E-state index contributed by atoms with van der Waals surface area (Å²) < 4.78 is 7.25. The van der Waals surface area contributed by atoms with Gasteiger partial charge in [0.2, 0.25) is 5.91 Å². The van der Waals surface area contributed by atoms with E-state index in [1.165, 1.54) is 0 Å². The molecule has 0 unspecified atom stereocenters. The fourth-order valence-electron chi connectivity index (χ4n) is 3.90. The Labute approximate surface area is 170 Å². The summed E-state index contributed by atoms with van der Waals surface area (Å²) >= 11 is 0. The molecule has 1 amide bonds. The van der Waals surface area contributed by atoms with Crippen LogP contribution in [0.1, 0.15) is 37.6 Å². The average Bonchev–Trinajstić information content (AvgIpc) is 3.23. The molecule has 6 nitrogen and oxygen atoms in total. The van der Waals surface area contributed by atoms with E-state index in [1.807, 2.05) is 77.9 Å². The fourth-order valence-corrected chi connectivity index (χ4v) is 3.90. The van der Waals surface area contributed by atoms with Crippen molar-refractivity contribution in [1.29, 1.82) is 0 Å². The third-order valence-corrected chi connectivity index (χ3v) is 5.13. The number of carbonyl (C=O) groups is 2. The lowest BCUT2D eigenvalue weighted by Crippen LogP contribution is -2.25. The van der Waals surface area contributed by atoms with Gasteiger partial charge in [0.25, 0.3) is 0 Å². The molecule has 4 rings (SSSR count). The highest BCUT2D eigenvalue weighted by molar-refractivity contribution is 5.82. The van der Waals surface area contributed by atoms with E-state index >= 15 is 0 Å². The molecule has 1 aromatic heterocycles. The van der Waals surface area contributed by atoms with Crippen LogP contribution in [-0.4, -0.2) is 39.0 Å². The standard InChI is InChI=1S/C23H25N3O3/c1-16(2)29-22(28)15-26-20-11-7-6-10-19(20)24-23(26)18-12-21(27)25(14-18)13-17-8-4-3-5-9-17/h3-11,16,18H,12-15H2,1-2H3/t18-/m0/s1. The van der Waals surface area contributed by atoms with E-state index in [4.69, 9.17) is 9.72 Å². The van der Waals surface area contributed by atoms with Gasteiger partial charge in [-0.05, 0) is 31.5 Å². The van der Waals surface area contributed by atoms with E-state index in [2.05, 4.69) is 0 Å². The summed E-state index contributed by atoms with van der Waals surface area (Å²) in [6, 6.07) is 17.7. The van der Waals surface area contributed by atoms with Gasteiger partial charge in [0.15, 0.2) is 0 Å². The number of imidazole rings is 1. The van der Waals surface area contributed by atoms with Gasteiger partial charge in [-0.3, -0.25) is 9.59 Å². The van der Waals surface area contributed by atoms with Crippen LogP contribution in [0.4, 0.5) is 0 Å². The van der Waals surface area contributed by atoms with Crippen LogP contribution in [0.25, 0.3) is 11.0 Å². The van der Waals surface area contributed by atoms with E-state index in [9.17, 15) is 9.59 Å². The maximum atomic E-state index is 12.7. The van der Waals surface area contributed by atoms with E-state index in [-0.39, 0.29) is 30.4 Å². The minimum atomic E-state index is -0.296. The molecular formula is C23H25N3O3. The first kappa shape index (κ1) is 19.2. The monoisotopic (exact) mass is 391 g/mol. The number of amides is 1. The lowest BCUT2D eigenvalue weighted by atomic mass is 10.1. The number of fused-ring (bicyclic) bond motifs is 1. The van der Waals surface area contributed by atoms with Crippen molar-refractivity contribution in [3.05, 3.63) is 66.0 Å². The van der Waals surface area contributed by atoms with Gasteiger partial charge in [-0.1, -0.05) is 42.5 Å². The van der Waals surface area contributed by atoms with Crippen molar-refractivity contribution in [3.8, 4) is 0 Å². The number of aromatic nitrogens is 2. The third kappa shape index (κ3) is 4.16. The number of carbonyl (C=O) groups excluding carboxylic acids is 2. The average molecular weight is 391 g/mol. The molecule has 1 saturated heterocycles. The number of likely N-dealkylation sites (tertiary alicyclic amines) is 1. The van der Waals surface area contributed by atoms with Gasteiger partial charge >= 0.3 is 5.97 Å². The first-order valence-corrected chi connectivity index (χ1v) is 9.97. The van der Waals surface area contributed by atoms with Gasteiger partial charge in [-0.25, -0.2) is 4.98 Å². The van der Waals surface area contributed by atoms with E-state index in [1.54, 1.807) is 0 Å². The molecule has 29 heavy (non-hydrogen) atoms. The predicted octanol–water partition coefficient (Wildman–Crippen LogP) is 3.50. The number of hydrogen-bond acceptors (Lipinski definition) is 4. The van der Waals surface area contributed by atoms with Gasteiger partial charge in [-0.15, -0.1) is 0 Å². The molecule has 0 saturated carbocycles. The Hall–Kier alpha value is -3.15. The molecule has 6 heteroatoms. The minimum Gasteiger partial charge on any atom is -0.462 e. The normalized spacial score (nSPS) is 16.7. The fraction of sp³-hybridized carbons (Fsp3) is 0.348. The highest BCUT2D eigenvalue weighted by atomic mass is 16.5. The minimum absolute atomic E-state index is 0.0505. The van der Waals surface area contributed by atoms with Crippen molar-refractivity contribution in [2.45, 2.75) is 45.4 Å². The second-order valence-electron chi connectivity index (χ2n) is 7.74. The quantitative estimate of drug-likeness (QED) is 0.603. The van der Waals surface area contributed by atoms with Crippen molar-refractivity contribution in [3.63, 3.8) is 0 Å². The van der Waals surface area contributed by atoms with Gasteiger partial charge in [0, 0.05) is 25.4 Å². The number of rotatable bonds is 6. The lowest BCUT2D eigenvalue weighted by Gasteiger charge is -2.17. The predicted molar refractivity (Wildman–Crippen MR) is 110 cm³/mol. The third-order valence-electron chi connectivity index (χ3n) is 5.13. The summed E-state index contributed by atoms with van der Waals surface area (Å²) in [7, 11) is 0. The zero-order valence-corrected chi connectivity index (χ0v) is 16.7. The topological polar surface area (TPSA) is 64.4 Å². The molecule has 1 aliphatic rings. The molecule has 3 aromatic rings. The smallest absolute Gasteiger partial charge is 0.326 e. The molecular weight excluding hydrogens is 366 g/mol. The van der Waals surface area contributed by atoms with Crippen LogP contribution in [-0.2, 0) is 27.4 Å². The number of nitrogens with zero attached hydrogens (tertiary/aromatic N) is 3. The second-order valence-corrected chi connectivity index (χ2v) is 7.74. The number of ether oxygens (including phenoxy) is 1. The molecule has 1 fully saturated rings. The number of esters is 1. The Kier molecular flexibility index (Phi) is 5.34. The zero-order valence-electron chi connectivity index (χ0n) is 16.7. The Morgan fingerprint density at radius 3 is 2.62 bits per heavy atom. The molecule has 0 spiro atoms. The van der Waals surface area contributed by atoms with Crippen LogP contribution in [0.5, 0.6) is 0 Å². The number of hydrogen-bond donors (Lipinski definition) is 0. The van der Waals surface area contributed by atoms with Crippen LogP contribution in [0.3, 0.4) is 0 Å². The first-order valence-electron chi connectivity index (χ1n) is 9.97. The van der Waals surface area contributed by atoms with E-state index in [0.29, 0.717) is 19.5 Å². The molecule has 2 aromatic carbocycles. The maximum absolute atomic E-state index is 12.7. The Morgan fingerprint density at radius 1 is 1.14 bits per heavy atom. The second kappa shape index (κ2) is 8.07. The summed E-state index contributed by atoms with van der Waals surface area (Å²) in [5, 5.41) is 0. The summed E-state index contributed by atoms with van der Waals surface area (Å²) in [6.45, 7) is 4.95. The molecule has 0 bridgehead atoms. The molecule has 0 radical (unpaired) electrons. The van der Waals surface area contributed by atoms with Crippen LogP contribution in [0.2, 0.25) is 0 Å². The molecule has 1 aliphatic heterocycles. The SMILES string of the molecule is CC(C)OC(=O)Cn1c([C@H]2CC(=O)N(Cc3ccccc3)C2)nc2ccccc21. The molecule has 2 heterocycles. The van der Waals surface area contributed by atoms with Crippen molar-refractivity contribution in [1.82, 2.24) is 14.5 Å². The van der Waals surface area contributed by atoms with Gasteiger partial charge in [0.05, 0.1) is 17.1 Å². The van der Waals surface area contributed by atoms with E-state index < -0.39 is 0 Å². The summed E-state index contributed by atoms with van der Waals surface area (Å²) in [4.78, 5) is 31.7. The molecule has 0 N–H and O–H groups in total. The van der Waals surface area contributed by atoms with Crippen LogP contribution < -0.4 is 0 Å². The van der Waals surface area contributed by atoms with Crippen molar-refractivity contribution >= 4 is 22.9 Å². The lowest BCUT2D eigenvalue weighted by molar-refractivity contribution is -0.148. The van der Waals surface area contributed by atoms with Crippen molar-refractivity contribution in [2.24, 2.45) is 0 Å². The van der Waals surface area contributed by atoms with Crippen LogP contribution in [0.15, 0.2) is 54.6 Å². The summed E-state index contributed by atoms with van der Waals surface area (Å²) in [5.74, 6) is 0.540. The molecule has 0 aliphatic carbocycles. The molecule has 1 atom stereocenters. The summed E-state index contributed by atoms with van der Waals surface area (Å²) in [5.41, 5.74) is 2.82. The first-order chi connectivity index (χ1) is 14.0. The molecule has 150 valence electrons. The zero-order chi connectivity index (χ0) is 20.4. The Balaban J connectivity index is 1.61. The van der Waals surface area contributed by atoms with Gasteiger partial charge in [-0.2, -0.15) is 0 Å². The van der Waals surface area contributed by atoms with Crippen molar-refractivity contribution < 1.29 is 14.3 Å². The maximum Gasteiger partial charge on any atom is 0.326 e. The number of benzene rings is 2. The van der Waals surface area contributed by atoms with Gasteiger partial charge < -0.3 is 14.2 Å². The Morgan fingerprint density at radius 2 is 1.86 bits per heavy atom.